The topological polar surface area (TPSA) is 45.2 Å². The van der Waals surface area contributed by atoms with Crippen LogP contribution in [0.3, 0.4) is 0 Å². The summed E-state index contributed by atoms with van der Waals surface area (Å²) in [5.74, 6) is -0.0381. The Labute approximate surface area is 89.3 Å². The van der Waals surface area contributed by atoms with Gasteiger partial charge in [0, 0.05) is 32.5 Å². The smallest absolute Gasteiger partial charge is 0.252 e. The molecule has 1 N–H and O–H groups in total. The summed E-state index contributed by atoms with van der Waals surface area (Å²) >= 11 is 0. The van der Waals surface area contributed by atoms with Crippen LogP contribution < -0.4 is 5.32 Å². The molecule has 0 spiro atoms. The Hall–Kier alpha value is -1.42. The third kappa shape index (κ3) is 1.85. The fraction of sp³-hybridized carbons (Fsp3) is 0.455. The Kier molecular flexibility index (Phi) is 2.68. The van der Waals surface area contributed by atoms with E-state index < -0.39 is 0 Å². The van der Waals surface area contributed by atoms with E-state index in [1.165, 1.54) is 5.56 Å². The maximum absolute atomic E-state index is 11.6. The molecule has 0 fully saturated rings. The van der Waals surface area contributed by atoms with E-state index in [9.17, 15) is 4.79 Å². The SMILES string of the molecule is CNC(=O)c1cncc2c1CCN(C)C2. The Morgan fingerprint density at radius 3 is 3.07 bits per heavy atom. The van der Waals surface area contributed by atoms with E-state index in [1.54, 1.807) is 13.2 Å². The van der Waals surface area contributed by atoms with Gasteiger partial charge >= 0.3 is 0 Å². The summed E-state index contributed by atoms with van der Waals surface area (Å²) in [6.07, 6.45) is 4.44. The number of hydrogen-bond acceptors (Lipinski definition) is 3. The number of hydrogen-bond donors (Lipinski definition) is 1. The summed E-state index contributed by atoms with van der Waals surface area (Å²) in [4.78, 5) is 17.9. The van der Waals surface area contributed by atoms with Crippen molar-refractivity contribution in [3.8, 4) is 0 Å². The molecule has 0 unspecified atom stereocenters. The van der Waals surface area contributed by atoms with Gasteiger partial charge in [0.25, 0.3) is 5.91 Å². The number of nitrogens with one attached hydrogen (secondary N) is 1. The third-order valence-electron chi connectivity index (χ3n) is 2.80. The lowest BCUT2D eigenvalue weighted by atomic mass is 9.97. The van der Waals surface area contributed by atoms with Crippen LogP contribution in [0, 0.1) is 0 Å². The Morgan fingerprint density at radius 2 is 2.33 bits per heavy atom. The molecule has 1 aromatic heterocycles. The highest BCUT2D eigenvalue weighted by molar-refractivity contribution is 5.95. The largest absolute Gasteiger partial charge is 0.355 e. The predicted octanol–water partition coefficient (Wildman–Crippen LogP) is 0.429. The number of carbonyl (C=O) groups excluding carboxylic acids is 1. The second kappa shape index (κ2) is 3.98. The highest BCUT2D eigenvalue weighted by Crippen LogP contribution is 2.20. The molecule has 15 heavy (non-hydrogen) atoms. The lowest BCUT2D eigenvalue weighted by Crippen LogP contribution is -2.30. The zero-order chi connectivity index (χ0) is 10.8. The van der Waals surface area contributed by atoms with Crippen molar-refractivity contribution in [2.24, 2.45) is 0 Å². The van der Waals surface area contributed by atoms with Gasteiger partial charge in [-0.1, -0.05) is 0 Å². The van der Waals surface area contributed by atoms with Gasteiger partial charge in [0.05, 0.1) is 5.56 Å². The number of fused-ring (bicyclic) bond motifs is 1. The van der Waals surface area contributed by atoms with Gasteiger partial charge in [-0.15, -0.1) is 0 Å². The minimum Gasteiger partial charge on any atom is -0.355 e. The molecule has 2 rings (SSSR count). The highest BCUT2D eigenvalue weighted by atomic mass is 16.1. The monoisotopic (exact) mass is 205 g/mol. The molecule has 1 aliphatic heterocycles. The van der Waals surface area contributed by atoms with Crippen molar-refractivity contribution in [1.29, 1.82) is 0 Å². The molecular weight excluding hydrogens is 190 g/mol. The molecule has 2 heterocycles. The number of pyridine rings is 1. The van der Waals surface area contributed by atoms with Crippen molar-refractivity contribution in [1.82, 2.24) is 15.2 Å². The van der Waals surface area contributed by atoms with Crippen LogP contribution in [0.2, 0.25) is 0 Å². The van der Waals surface area contributed by atoms with Crippen molar-refractivity contribution in [2.75, 3.05) is 20.6 Å². The molecule has 0 saturated heterocycles. The summed E-state index contributed by atoms with van der Waals surface area (Å²) < 4.78 is 0. The molecule has 0 aromatic carbocycles. The summed E-state index contributed by atoms with van der Waals surface area (Å²) in [7, 11) is 3.73. The molecule has 4 nitrogen and oxygen atoms in total. The first kappa shape index (κ1) is 10.1. The molecule has 80 valence electrons. The van der Waals surface area contributed by atoms with Crippen LogP contribution in [0.15, 0.2) is 12.4 Å². The number of carbonyl (C=O) groups is 1. The van der Waals surface area contributed by atoms with Crippen LogP contribution in [0.4, 0.5) is 0 Å². The van der Waals surface area contributed by atoms with Gasteiger partial charge in [-0.3, -0.25) is 9.78 Å². The van der Waals surface area contributed by atoms with E-state index in [1.807, 2.05) is 6.20 Å². The van der Waals surface area contributed by atoms with E-state index >= 15 is 0 Å². The highest BCUT2D eigenvalue weighted by Gasteiger charge is 2.19. The Balaban J connectivity index is 2.42. The van der Waals surface area contributed by atoms with Gasteiger partial charge in [0.2, 0.25) is 0 Å². The fourth-order valence-corrected chi connectivity index (χ4v) is 1.96. The van der Waals surface area contributed by atoms with Crippen LogP contribution in [0.25, 0.3) is 0 Å². The van der Waals surface area contributed by atoms with Crippen LogP contribution in [0.1, 0.15) is 21.5 Å². The number of nitrogens with zero attached hydrogens (tertiary/aromatic N) is 2. The van der Waals surface area contributed by atoms with Gasteiger partial charge in [-0.05, 0) is 24.6 Å². The van der Waals surface area contributed by atoms with Crippen LogP contribution >= 0.6 is 0 Å². The van der Waals surface area contributed by atoms with Crippen molar-refractivity contribution < 1.29 is 4.79 Å². The molecular formula is C11H15N3O. The molecule has 4 heteroatoms. The number of likely N-dealkylation sites (N-methyl/N-ethyl adjacent to an activating group) is 1. The molecule has 0 saturated carbocycles. The number of rotatable bonds is 1. The standard InChI is InChI=1S/C11H15N3O/c1-12-11(15)10-6-13-5-8-7-14(2)4-3-9(8)10/h5-6H,3-4,7H2,1-2H3,(H,12,15). The molecule has 0 bridgehead atoms. The van der Waals surface area contributed by atoms with Gasteiger partial charge in [0.15, 0.2) is 0 Å². The van der Waals surface area contributed by atoms with E-state index in [4.69, 9.17) is 0 Å². The summed E-state index contributed by atoms with van der Waals surface area (Å²) in [5, 5.41) is 2.65. The van der Waals surface area contributed by atoms with E-state index in [2.05, 4.69) is 22.2 Å². The summed E-state index contributed by atoms with van der Waals surface area (Å²) in [6, 6.07) is 0. The molecule has 1 aliphatic rings. The van der Waals surface area contributed by atoms with E-state index in [0.29, 0.717) is 0 Å². The molecule has 1 aromatic rings. The van der Waals surface area contributed by atoms with Crippen molar-refractivity contribution in [3.05, 3.63) is 29.1 Å². The van der Waals surface area contributed by atoms with Crippen LogP contribution in [-0.4, -0.2) is 36.4 Å². The lowest BCUT2D eigenvalue weighted by Gasteiger charge is -2.25. The van der Waals surface area contributed by atoms with Crippen LogP contribution in [-0.2, 0) is 13.0 Å². The first-order valence-electron chi connectivity index (χ1n) is 5.08. The van der Waals surface area contributed by atoms with Gasteiger partial charge in [0.1, 0.15) is 0 Å². The van der Waals surface area contributed by atoms with Crippen LogP contribution in [0.5, 0.6) is 0 Å². The number of aromatic nitrogens is 1. The van der Waals surface area contributed by atoms with Crippen molar-refractivity contribution in [2.45, 2.75) is 13.0 Å². The maximum Gasteiger partial charge on any atom is 0.252 e. The molecule has 0 atom stereocenters. The van der Waals surface area contributed by atoms with E-state index in [-0.39, 0.29) is 5.91 Å². The normalized spacial score (nSPS) is 15.9. The van der Waals surface area contributed by atoms with Gasteiger partial charge in [-0.25, -0.2) is 0 Å². The number of amides is 1. The average molecular weight is 205 g/mol. The average Bonchev–Trinajstić information content (AvgIpc) is 2.26. The summed E-state index contributed by atoms with van der Waals surface area (Å²) in [5.41, 5.74) is 3.05. The molecule has 1 amide bonds. The second-order valence-corrected chi connectivity index (χ2v) is 3.89. The van der Waals surface area contributed by atoms with Crippen molar-refractivity contribution >= 4 is 5.91 Å². The fourth-order valence-electron chi connectivity index (χ4n) is 1.96. The first-order valence-corrected chi connectivity index (χ1v) is 5.08. The predicted molar refractivity (Wildman–Crippen MR) is 57.7 cm³/mol. The lowest BCUT2D eigenvalue weighted by molar-refractivity contribution is 0.0961. The molecule has 0 radical (unpaired) electrons. The second-order valence-electron chi connectivity index (χ2n) is 3.89. The Morgan fingerprint density at radius 1 is 1.53 bits per heavy atom. The third-order valence-corrected chi connectivity index (χ3v) is 2.80. The van der Waals surface area contributed by atoms with Crippen molar-refractivity contribution in [3.63, 3.8) is 0 Å². The van der Waals surface area contributed by atoms with E-state index in [0.717, 1.165) is 30.6 Å². The zero-order valence-corrected chi connectivity index (χ0v) is 9.08. The first-order chi connectivity index (χ1) is 7.22. The van der Waals surface area contributed by atoms with Gasteiger partial charge in [-0.2, -0.15) is 0 Å². The minimum absolute atomic E-state index is 0.0381. The van der Waals surface area contributed by atoms with Gasteiger partial charge < -0.3 is 10.2 Å². The summed E-state index contributed by atoms with van der Waals surface area (Å²) in [6.45, 7) is 1.88. The Bertz CT molecular complexity index is 389. The minimum atomic E-state index is -0.0381. The zero-order valence-electron chi connectivity index (χ0n) is 9.08. The maximum atomic E-state index is 11.6. The quantitative estimate of drug-likeness (QED) is 0.723. The molecule has 0 aliphatic carbocycles.